The molecule has 1 aliphatic carbocycles. The Labute approximate surface area is 188 Å². The molecule has 166 valence electrons. The molecule has 2 aromatic heterocycles. The first kappa shape index (κ1) is 21.7. The monoisotopic (exact) mass is 443 g/mol. The summed E-state index contributed by atoms with van der Waals surface area (Å²) in [6.45, 7) is 5.46. The Balaban J connectivity index is 1.14. The third-order valence-electron chi connectivity index (χ3n) is 6.25. The number of hydrogen-bond donors (Lipinski definition) is 2. The molecule has 2 aromatic rings. The largest absolute Gasteiger partial charge is 0.356 e. The van der Waals surface area contributed by atoms with Gasteiger partial charge in [-0.2, -0.15) is 0 Å². The quantitative estimate of drug-likeness (QED) is 0.615. The maximum atomic E-state index is 11.6. The molecular formula is C22H30ClN7O. The number of nitrogens with zero attached hydrogens (tertiary/aromatic N) is 5. The van der Waals surface area contributed by atoms with Gasteiger partial charge in [0.05, 0.1) is 23.8 Å². The van der Waals surface area contributed by atoms with Crippen molar-refractivity contribution < 1.29 is 4.79 Å². The molecule has 0 spiro atoms. The Morgan fingerprint density at radius 1 is 1.13 bits per heavy atom. The van der Waals surface area contributed by atoms with Crippen LogP contribution in [0.3, 0.4) is 0 Å². The molecule has 3 heterocycles. The second kappa shape index (κ2) is 10.2. The zero-order valence-electron chi connectivity index (χ0n) is 17.9. The summed E-state index contributed by atoms with van der Waals surface area (Å²) in [4.78, 5) is 31.2. The van der Waals surface area contributed by atoms with Crippen LogP contribution in [0, 0.1) is 17.8 Å². The van der Waals surface area contributed by atoms with Crippen molar-refractivity contribution in [1.29, 1.82) is 0 Å². The Kier molecular flexibility index (Phi) is 7.17. The summed E-state index contributed by atoms with van der Waals surface area (Å²) >= 11 is 5.88. The van der Waals surface area contributed by atoms with E-state index in [1.165, 1.54) is 19.3 Å². The van der Waals surface area contributed by atoms with Crippen LogP contribution < -0.4 is 15.5 Å². The van der Waals surface area contributed by atoms with Crippen LogP contribution in [0.1, 0.15) is 38.2 Å². The van der Waals surface area contributed by atoms with Gasteiger partial charge in [-0.05, 0) is 55.9 Å². The molecule has 4 rings (SSSR count). The predicted octanol–water partition coefficient (Wildman–Crippen LogP) is 2.95. The highest BCUT2D eigenvalue weighted by Gasteiger charge is 2.43. The topological polar surface area (TPSA) is 95.9 Å². The third kappa shape index (κ3) is 6.03. The number of piperidine rings is 1. The minimum atomic E-state index is -0.00175. The lowest BCUT2D eigenvalue weighted by Gasteiger charge is -2.32. The second-order valence-corrected chi connectivity index (χ2v) is 8.88. The summed E-state index contributed by atoms with van der Waals surface area (Å²) in [6, 6.07) is 0. The van der Waals surface area contributed by atoms with Gasteiger partial charge in [-0.1, -0.05) is 11.6 Å². The smallest absolute Gasteiger partial charge is 0.225 e. The predicted molar refractivity (Wildman–Crippen MR) is 121 cm³/mol. The fourth-order valence-corrected chi connectivity index (χ4v) is 4.63. The van der Waals surface area contributed by atoms with Crippen molar-refractivity contribution in [3.8, 4) is 0 Å². The maximum Gasteiger partial charge on any atom is 0.225 e. The molecule has 31 heavy (non-hydrogen) atoms. The lowest BCUT2D eigenvalue weighted by Crippen LogP contribution is -2.35. The summed E-state index contributed by atoms with van der Waals surface area (Å²) in [5.74, 6) is 3.87. The van der Waals surface area contributed by atoms with Gasteiger partial charge in [0.25, 0.3) is 0 Å². The number of halogens is 1. The van der Waals surface area contributed by atoms with Crippen LogP contribution in [0.25, 0.3) is 0 Å². The fourth-order valence-electron chi connectivity index (χ4n) is 4.53. The molecule has 9 heteroatoms. The molecule has 0 unspecified atom stereocenters. The zero-order chi connectivity index (χ0) is 21.6. The van der Waals surface area contributed by atoms with E-state index < -0.39 is 0 Å². The van der Waals surface area contributed by atoms with Crippen LogP contribution in [-0.2, 0) is 11.2 Å². The van der Waals surface area contributed by atoms with Crippen molar-refractivity contribution in [2.45, 2.75) is 39.0 Å². The van der Waals surface area contributed by atoms with E-state index in [4.69, 9.17) is 11.6 Å². The summed E-state index contributed by atoms with van der Waals surface area (Å²) < 4.78 is 0. The number of anilines is 2. The molecule has 1 saturated carbocycles. The van der Waals surface area contributed by atoms with E-state index in [1.807, 2.05) is 6.92 Å². The molecule has 0 aromatic carbocycles. The minimum Gasteiger partial charge on any atom is -0.356 e. The van der Waals surface area contributed by atoms with E-state index >= 15 is 0 Å². The molecule has 0 radical (unpaired) electrons. The zero-order valence-corrected chi connectivity index (χ0v) is 18.7. The van der Waals surface area contributed by atoms with Crippen LogP contribution in [0.15, 0.2) is 24.8 Å². The summed E-state index contributed by atoms with van der Waals surface area (Å²) in [5, 5.41) is 6.68. The molecule has 1 saturated heterocycles. The van der Waals surface area contributed by atoms with E-state index in [9.17, 15) is 4.79 Å². The molecule has 2 fully saturated rings. The normalized spacial score (nSPS) is 21.0. The minimum absolute atomic E-state index is 0.00175. The standard InChI is InChI=1S/C22H30ClN7O/c1-2-24-20(31)9-15-11-26-21(27-12-15)25-6-3-17-10-19(17)16-4-7-30(8-5-16)22-28-13-18(23)14-29-22/h11-14,16-17,19H,2-10H2,1H3,(H,24,31)(H,25,26,27)/t17-,19-/m1/s1. The highest BCUT2D eigenvalue weighted by Crippen LogP contribution is 2.49. The van der Waals surface area contributed by atoms with Gasteiger partial charge < -0.3 is 15.5 Å². The van der Waals surface area contributed by atoms with Gasteiger partial charge in [-0.15, -0.1) is 0 Å². The highest BCUT2D eigenvalue weighted by atomic mass is 35.5. The van der Waals surface area contributed by atoms with E-state index in [1.54, 1.807) is 24.8 Å². The number of hydrogen-bond acceptors (Lipinski definition) is 7. The molecule has 8 nitrogen and oxygen atoms in total. The average molecular weight is 444 g/mol. The van der Waals surface area contributed by atoms with Crippen LogP contribution in [-0.4, -0.2) is 52.0 Å². The first-order valence-corrected chi connectivity index (χ1v) is 11.5. The SMILES string of the molecule is CCNC(=O)Cc1cnc(NCC[C@@H]2C[C@@H]2C2CCN(c3ncc(Cl)cn3)CC2)nc1. The van der Waals surface area contributed by atoms with E-state index in [-0.39, 0.29) is 5.91 Å². The lowest BCUT2D eigenvalue weighted by atomic mass is 9.90. The number of likely N-dealkylation sites (N-methyl/N-ethyl adjacent to an activating group) is 1. The highest BCUT2D eigenvalue weighted by molar-refractivity contribution is 6.30. The van der Waals surface area contributed by atoms with Gasteiger partial charge in [0.1, 0.15) is 0 Å². The number of amides is 1. The maximum absolute atomic E-state index is 11.6. The van der Waals surface area contributed by atoms with Gasteiger partial charge >= 0.3 is 0 Å². The third-order valence-corrected chi connectivity index (χ3v) is 6.45. The lowest BCUT2D eigenvalue weighted by molar-refractivity contribution is -0.120. The van der Waals surface area contributed by atoms with Crippen LogP contribution in [0.2, 0.25) is 5.02 Å². The first-order chi connectivity index (χ1) is 15.1. The Bertz CT molecular complexity index is 853. The van der Waals surface area contributed by atoms with E-state index in [0.29, 0.717) is 23.9 Å². The van der Waals surface area contributed by atoms with Crippen molar-refractivity contribution in [3.05, 3.63) is 35.4 Å². The van der Waals surface area contributed by atoms with Crippen LogP contribution in [0.4, 0.5) is 11.9 Å². The number of aromatic nitrogens is 4. The first-order valence-electron chi connectivity index (χ1n) is 11.2. The van der Waals surface area contributed by atoms with E-state index in [2.05, 4.69) is 35.5 Å². The molecule has 2 N–H and O–H groups in total. The number of carbonyl (C=O) groups is 1. The van der Waals surface area contributed by atoms with Crippen molar-refractivity contribution >= 4 is 29.4 Å². The molecule has 0 bridgehead atoms. The molecular weight excluding hydrogens is 414 g/mol. The van der Waals surface area contributed by atoms with Gasteiger partial charge in [-0.3, -0.25) is 4.79 Å². The molecule has 2 atom stereocenters. The van der Waals surface area contributed by atoms with E-state index in [0.717, 1.165) is 55.3 Å². The van der Waals surface area contributed by atoms with Gasteiger partial charge in [0.2, 0.25) is 17.8 Å². The fraction of sp³-hybridized carbons (Fsp3) is 0.591. The Morgan fingerprint density at radius 2 is 1.84 bits per heavy atom. The molecule has 1 amide bonds. The second-order valence-electron chi connectivity index (χ2n) is 8.45. The summed E-state index contributed by atoms with van der Waals surface area (Å²) in [6.07, 6.45) is 12.0. The van der Waals surface area contributed by atoms with Gasteiger partial charge in [0.15, 0.2) is 0 Å². The number of rotatable bonds is 9. The average Bonchev–Trinajstić information content (AvgIpc) is 3.55. The Morgan fingerprint density at radius 3 is 2.52 bits per heavy atom. The number of carbonyl (C=O) groups excluding carboxylic acids is 1. The van der Waals surface area contributed by atoms with Crippen molar-refractivity contribution in [2.24, 2.45) is 17.8 Å². The summed E-state index contributed by atoms with van der Waals surface area (Å²) in [5.41, 5.74) is 0.828. The molecule has 1 aliphatic heterocycles. The molecule has 2 aliphatic rings. The van der Waals surface area contributed by atoms with Crippen molar-refractivity contribution in [1.82, 2.24) is 25.3 Å². The van der Waals surface area contributed by atoms with Gasteiger partial charge in [-0.25, -0.2) is 19.9 Å². The van der Waals surface area contributed by atoms with Crippen LogP contribution >= 0.6 is 11.6 Å². The van der Waals surface area contributed by atoms with Gasteiger partial charge in [0, 0.05) is 38.6 Å². The van der Waals surface area contributed by atoms with Crippen LogP contribution in [0.5, 0.6) is 0 Å². The van der Waals surface area contributed by atoms with Crippen molar-refractivity contribution in [2.75, 3.05) is 36.4 Å². The number of nitrogens with one attached hydrogen (secondary N) is 2. The Hall–Kier alpha value is -2.48. The summed E-state index contributed by atoms with van der Waals surface area (Å²) in [7, 11) is 0. The van der Waals surface area contributed by atoms with Crippen molar-refractivity contribution in [3.63, 3.8) is 0 Å².